The van der Waals surface area contributed by atoms with Gasteiger partial charge in [-0.1, -0.05) is 0 Å². The van der Waals surface area contributed by atoms with Gasteiger partial charge in [0.1, 0.15) is 11.2 Å². The van der Waals surface area contributed by atoms with Gasteiger partial charge in [-0.25, -0.2) is 9.59 Å². The van der Waals surface area contributed by atoms with Gasteiger partial charge >= 0.3 is 12.1 Å². The van der Waals surface area contributed by atoms with Crippen molar-refractivity contribution in [3.8, 4) is 0 Å². The van der Waals surface area contributed by atoms with Crippen molar-refractivity contribution in [3.05, 3.63) is 33.9 Å². The van der Waals surface area contributed by atoms with Gasteiger partial charge < -0.3 is 19.3 Å². The van der Waals surface area contributed by atoms with Crippen molar-refractivity contribution < 1.29 is 24.0 Å². The van der Waals surface area contributed by atoms with Crippen LogP contribution in [0.3, 0.4) is 0 Å². The molecule has 0 spiro atoms. The number of benzene rings is 1. The van der Waals surface area contributed by atoms with Gasteiger partial charge in [0, 0.05) is 37.9 Å². The second-order valence-corrected chi connectivity index (χ2v) is 6.90. The van der Waals surface area contributed by atoms with Gasteiger partial charge in [0.05, 0.1) is 12.0 Å². The summed E-state index contributed by atoms with van der Waals surface area (Å²) in [6.45, 7) is 7.40. The van der Waals surface area contributed by atoms with Crippen LogP contribution in [0.2, 0.25) is 0 Å². The summed E-state index contributed by atoms with van der Waals surface area (Å²) in [5.74, 6) is -0.758. The van der Waals surface area contributed by atoms with Crippen molar-refractivity contribution in [1.82, 2.24) is 4.90 Å². The highest BCUT2D eigenvalue weighted by Gasteiger charge is 2.27. The lowest BCUT2D eigenvalue weighted by molar-refractivity contribution is -0.385. The zero-order chi connectivity index (χ0) is 19.5. The monoisotopic (exact) mass is 365 g/mol. The van der Waals surface area contributed by atoms with Gasteiger partial charge in [-0.2, -0.15) is 0 Å². The highest BCUT2D eigenvalue weighted by atomic mass is 16.6. The number of nitro benzene ring substituents is 1. The number of piperazine rings is 1. The number of rotatable bonds is 3. The third-order valence-electron chi connectivity index (χ3n) is 3.88. The molecule has 142 valence electrons. The van der Waals surface area contributed by atoms with Gasteiger partial charge in [-0.3, -0.25) is 10.1 Å². The second-order valence-electron chi connectivity index (χ2n) is 6.90. The molecule has 9 nitrogen and oxygen atoms in total. The molecular formula is C17H23N3O6. The van der Waals surface area contributed by atoms with Crippen LogP contribution in [0.5, 0.6) is 0 Å². The van der Waals surface area contributed by atoms with Crippen LogP contribution in [0.15, 0.2) is 18.2 Å². The number of carbonyl (C=O) groups excluding carboxylic acids is 2. The molecule has 0 aromatic heterocycles. The number of nitrogens with zero attached hydrogens (tertiary/aromatic N) is 3. The summed E-state index contributed by atoms with van der Waals surface area (Å²) < 4.78 is 9.99. The van der Waals surface area contributed by atoms with Crippen LogP contribution in [0, 0.1) is 10.1 Å². The Labute approximate surface area is 151 Å². The molecule has 1 aliphatic rings. The molecule has 1 fully saturated rings. The molecule has 1 heterocycles. The van der Waals surface area contributed by atoms with Crippen molar-refractivity contribution in [2.24, 2.45) is 0 Å². The Morgan fingerprint density at radius 1 is 1.15 bits per heavy atom. The van der Waals surface area contributed by atoms with Crippen LogP contribution in [0.25, 0.3) is 0 Å². The van der Waals surface area contributed by atoms with E-state index in [4.69, 9.17) is 4.74 Å². The number of hydrogen-bond donors (Lipinski definition) is 0. The summed E-state index contributed by atoms with van der Waals surface area (Å²) >= 11 is 0. The molecule has 2 rings (SSSR count). The van der Waals surface area contributed by atoms with E-state index in [1.807, 2.05) is 25.7 Å². The van der Waals surface area contributed by atoms with Crippen molar-refractivity contribution >= 4 is 23.4 Å². The number of amides is 1. The van der Waals surface area contributed by atoms with Crippen LogP contribution in [0.1, 0.15) is 31.1 Å². The molecule has 1 aromatic carbocycles. The molecule has 0 radical (unpaired) electrons. The first-order valence-corrected chi connectivity index (χ1v) is 8.22. The van der Waals surface area contributed by atoms with E-state index in [9.17, 15) is 19.7 Å². The maximum absolute atomic E-state index is 12.1. The number of hydrogen-bond acceptors (Lipinski definition) is 7. The Morgan fingerprint density at radius 3 is 2.27 bits per heavy atom. The quantitative estimate of drug-likeness (QED) is 0.460. The molecule has 1 saturated heterocycles. The Kier molecular flexibility index (Phi) is 5.69. The molecule has 9 heteroatoms. The number of carbonyl (C=O) groups is 2. The summed E-state index contributed by atoms with van der Waals surface area (Å²) in [5, 5.41) is 11.1. The predicted octanol–water partition coefficient (Wildman–Crippen LogP) is 2.44. The topological polar surface area (TPSA) is 102 Å². The molecule has 0 bridgehead atoms. The Bertz CT molecular complexity index is 705. The zero-order valence-corrected chi connectivity index (χ0v) is 15.4. The number of nitro groups is 1. The van der Waals surface area contributed by atoms with E-state index in [-0.39, 0.29) is 17.3 Å². The summed E-state index contributed by atoms with van der Waals surface area (Å²) in [7, 11) is 1.18. The van der Waals surface area contributed by atoms with Gasteiger partial charge in [-0.15, -0.1) is 0 Å². The fourth-order valence-electron chi connectivity index (χ4n) is 2.63. The maximum atomic E-state index is 12.1. The van der Waals surface area contributed by atoms with E-state index in [1.165, 1.54) is 19.2 Å². The second kappa shape index (κ2) is 7.59. The van der Waals surface area contributed by atoms with Crippen LogP contribution in [0.4, 0.5) is 16.2 Å². The minimum Gasteiger partial charge on any atom is -0.465 e. The molecule has 0 aliphatic carbocycles. The summed E-state index contributed by atoms with van der Waals surface area (Å²) in [5.41, 5.74) is -0.278. The molecule has 0 N–H and O–H groups in total. The normalized spacial score (nSPS) is 14.8. The lowest BCUT2D eigenvalue weighted by Gasteiger charge is -2.36. The van der Waals surface area contributed by atoms with E-state index in [1.54, 1.807) is 11.0 Å². The standard InChI is InChI=1S/C17H23N3O6/c1-17(2,3)26-16(22)19-9-7-18(8-10-19)12-5-6-14(20(23)24)13(11-12)15(21)25-4/h5-6,11H,7-10H2,1-4H3. The number of esters is 1. The average molecular weight is 365 g/mol. The third-order valence-corrected chi connectivity index (χ3v) is 3.88. The Morgan fingerprint density at radius 2 is 1.77 bits per heavy atom. The van der Waals surface area contributed by atoms with Crippen molar-refractivity contribution in [2.75, 3.05) is 38.2 Å². The molecule has 0 atom stereocenters. The SMILES string of the molecule is COC(=O)c1cc(N2CCN(C(=O)OC(C)(C)C)CC2)ccc1[N+](=O)[O-]. The van der Waals surface area contributed by atoms with E-state index in [0.717, 1.165) is 0 Å². The van der Waals surface area contributed by atoms with Crippen LogP contribution < -0.4 is 4.90 Å². The van der Waals surface area contributed by atoms with Gasteiger partial charge in [0.15, 0.2) is 0 Å². The highest BCUT2D eigenvalue weighted by Crippen LogP contribution is 2.26. The van der Waals surface area contributed by atoms with E-state index in [0.29, 0.717) is 31.9 Å². The summed E-state index contributed by atoms with van der Waals surface area (Å²) in [4.78, 5) is 38.0. The zero-order valence-electron chi connectivity index (χ0n) is 15.4. The largest absolute Gasteiger partial charge is 0.465 e. The molecular weight excluding hydrogens is 342 g/mol. The molecule has 0 unspecified atom stereocenters. The molecule has 1 amide bonds. The average Bonchev–Trinajstić information content (AvgIpc) is 2.59. The minimum absolute atomic E-state index is 0.0930. The third kappa shape index (κ3) is 4.62. The van der Waals surface area contributed by atoms with Crippen molar-refractivity contribution in [2.45, 2.75) is 26.4 Å². The van der Waals surface area contributed by atoms with E-state index in [2.05, 4.69) is 4.74 Å². The van der Waals surface area contributed by atoms with Gasteiger partial charge in [-0.05, 0) is 32.9 Å². The van der Waals surface area contributed by atoms with E-state index >= 15 is 0 Å². The predicted molar refractivity (Wildman–Crippen MR) is 94.5 cm³/mol. The minimum atomic E-state index is -0.758. The fourth-order valence-corrected chi connectivity index (χ4v) is 2.63. The number of anilines is 1. The molecule has 1 aliphatic heterocycles. The first-order valence-electron chi connectivity index (χ1n) is 8.22. The lowest BCUT2D eigenvalue weighted by atomic mass is 10.1. The molecule has 26 heavy (non-hydrogen) atoms. The van der Waals surface area contributed by atoms with Crippen LogP contribution in [-0.2, 0) is 9.47 Å². The first-order chi connectivity index (χ1) is 12.1. The number of methoxy groups -OCH3 is 1. The maximum Gasteiger partial charge on any atom is 0.410 e. The van der Waals surface area contributed by atoms with E-state index < -0.39 is 16.5 Å². The lowest BCUT2D eigenvalue weighted by Crippen LogP contribution is -2.50. The Hall–Kier alpha value is -2.84. The Balaban J connectivity index is 2.11. The molecule has 1 aromatic rings. The first kappa shape index (κ1) is 19.5. The smallest absolute Gasteiger partial charge is 0.410 e. The van der Waals surface area contributed by atoms with Crippen molar-refractivity contribution in [3.63, 3.8) is 0 Å². The van der Waals surface area contributed by atoms with Crippen LogP contribution in [-0.4, -0.2) is 60.8 Å². The van der Waals surface area contributed by atoms with Gasteiger partial charge in [0.2, 0.25) is 0 Å². The fraction of sp³-hybridized carbons (Fsp3) is 0.529. The number of ether oxygens (including phenoxy) is 2. The van der Waals surface area contributed by atoms with Gasteiger partial charge in [0.25, 0.3) is 5.69 Å². The highest BCUT2D eigenvalue weighted by molar-refractivity contribution is 5.95. The summed E-state index contributed by atoms with van der Waals surface area (Å²) in [6, 6.07) is 4.34. The van der Waals surface area contributed by atoms with Crippen LogP contribution >= 0.6 is 0 Å². The summed E-state index contributed by atoms with van der Waals surface area (Å²) in [6.07, 6.45) is -0.365. The van der Waals surface area contributed by atoms with Crippen molar-refractivity contribution in [1.29, 1.82) is 0 Å². The molecule has 0 saturated carbocycles.